The van der Waals surface area contributed by atoms with Gasteiger partial charge in [0.2, 0.25) is 0 Å². The first-order chi connectivity index (χ1) is 9.66. The van der Waals surface area contributed by atoms with Gasteiger partial charge in [-0.2, -0.15) is 5.10 Å². The van der Waals surface area contributed by atoms with Gasteiger partial charge in [-0.1, -0.05) is 23.7 Å². The lowest BCUT2D eigenvalue weighted by molar-refractivity contribution is 0.594. The molecule has 1 aromatic carbocycles. The lowest BCUT2D eigenvalue weighted by Gasteiger charge is -2.11. The topological polar surface area (TPSA) is 56.2 Å². The predicted molar refractivity (Wildman–Crippen MR) is 75.0 cm³/mol. The summed E-state index contributed by atoms with van der Waals surface area (Å²) < 4.78 is 15.6. The van der Waals surface area contributed by atoms with Crippen molar-refractivity contribution in [1.82, 2.24) is 14.6 Å². The minimum Gasteiger partial charge on any atom is -0.324 e. The molecule has 2 N–H and O–H groups in total. The summed E-state index contributed by atoms with van der Waals surface area (Å²) in [5.74, 6) is -0.417. The minimum absolute atomic E-state index is 0.108. The number of nitrogens with zero attached hydrogens (tertiary/aromatic N) is 3. The van der Waals surface area contributed by atoms with E-state index in [1.165, 1.54) is 6.07 Å². The Hall–Kier alpha value is -1.98. The molecular weight excluding hydrogens is 279 g/mol. The molecule has 1 unspecified atom stereocenters. The molecule has 6 heteroatoms. The highest BCUT2D eigenvalue weighted by Gasteiger charge is 2.16. The van der Waals surface area contributed by atoms with Crippen molar-refractivity contribution in [2.75, 3.05) is 0 Å². The zero-order chi connectivity index (χ0) is 14.1. The number of fused-ring (bicyclic) bond motifs is 1. The van der Waals surface area contributed by atoms with Gasteiger partial charge < -0.3 is 5.73 Å². The van der Waals surface area contributed by atoms with Crippen LogP contribution in [0.4, 0.5) is 4.39 Å². The molecular formula is C14H12ClFN4. The van der Waals surface area contributed by atoms with Crippen LogP contribution in [-0.2, 0) is 6.42 Å². The van der Waals surface area contributed by atoms with Crippen LogP contribution in [-0.4, -0.2) is 14.6 Å². The molecule has 20 heavy (non-hydrogen) atoms. The Labute approximate surface area is 120 Å². The fourth-order valence-corrected chi connectivity index (χ4v) is 2.39. The Morgan fingerprint density at radius 3 is 3.05 bits per heavy atom. The molecule has 102 valence electrons. The maximum absolute atomic E-state index is 13.9. The van der Waals surface area contributed by atoms with Crippen molar-refractivity contribution >= 4 is 17.1 Å². The minimum atomic E-state index is -0.417. The SMILES string of the molecule is NC(Cc1cccc(Cl)c1F)c1cnn2ccncc12. The molecule has 2 heterocycles. The van der Waals surface area contributed by atoms with Gasteiger partial charge in [0.1, 0.15) is 5.82 Å². The third kappa shape index (κ3) is 2.26. The highest BCUT2D eigenvalue weighted by Crippen LogP contribution is 2.24. The summed E-state index contributed by atoms with van der Waals surface area (Å²) in [4.78, 5) is 4.06. The Morgan fingerprint density at radius 1 is 1.35 bits per heavy atom. The van der Waals surface area contributed by atoms with Gasteiger partial charge in [0.15, 0.2) is 0 Å². The molecule has 1 atom stereocenters. The van der Waals surface area contributed by atoms with E-state index < -0.39 is 5.82 Å². The van der Waals surface area contributed by atoms with E-state index >= 15 is 0 Å². The van der Waals surface area contributed by atoms with Crippen molar-refractivity contribution in [3.05, 3.63) is 65.0 Å². The number of benzene rings is 1. The largest absolute Gasteiger partial charge is 0.324 e. The second-order valence-corrected chi connectivity index (χ2v) is 4.94. The van der Waals surface area contributed by atoms with Crippen molar-refractivity contribution in [1.29, 1.82) is 0 Å². The molecule has 3 aromatic rings. The summed E-state index contributed by atoms with van der Waals surface area (Å²) in [5.41, 5.74) is 8.31. The Balaban J connectivity index is 1.93. The number of hydrogen-bond donors (Lipinski definition) is 1. The molecule has 0 aliphatic carbocycles. The zero-order valence-electron chi connectivity index (χ0n) is 10.5. The Kier molecular flexibility index (Phi) is 3.38. The van der Waals surface area contributed by atoms with E-state index in [1.54, 1.807) is 41.4 Å². The van der Waals surface area contributed by atoms with Gasteiger partial charge in [0.05, 0.1) is 22.9 Å². The predicted octanol–water partition coefficient (Wildman–Crippen LogP) is 2.76. The van der Waals surface area contributed by atoms with Crippen molar-refractivity contribution < 1.29 is 4.39 Å². The highest BCUT2D eigenvalue weighted by molar-refractivity contribution is 6.30. The van der Waals surface area contributed by atoms with Crippen molar-refractivity contribution in [3.8, 4) is 0 Å². The van der Waals surface area contributed by atoms with Crippen LogP contribution in [0.1, 0.15) is 17.2 Å². The average molecular weight is 291 g/mol. The fraction of sp³-hybridized carbons (Fsp3) is 0.143. The molecule has 0 bridgehead atoms. The third-order valence-corrected chi connectivity index (χ3v) is 3.52. The molecule has 0 aliphatic heterocycles. The summed E-state index contributed by atoms with van der Waals surface area (Å²) in [6, 6.07) is 4.55. The van der Waals surface area contributed by atoms with Crippen LogP contribution in [0.3, 0.4) is 0 Å². The maximum Gasteiger partial charge on any atom is 0.145 e. The van der Waals surface area contributed by atoms with Crippen LogP contribution in [0.5, 0.6) is 0 Å². The smallest absolute Gasteiger partial charge is 0.145 e. The van der Waals surface area contributed by atoms with Gasteiger partial charge in [-0.15, -0.1) is 0 Å². The molecule has 2 aromatic heterocycles. The lowest BCUT2D eigenvalue weighted by Crippen LogP contribution is -2.14. The molecule has 4 nitrogen and oxygen atoms in total. The summed E-state index contributed by atoms with van der Waals surface area (Å²) >= 11 is 5.77. The first-order valence-corrected chi connectivity index (χ1v) is 6.50. The summed E-state index contributed by atoms with van der Waals surface area (Å²) in [7, 11) is 0. The number of aromatic nitrogens is 3. The second-order valence-electron chi connectivity index (χ2n) is 4.53. The van der Waals surface area contributed by atoms with Crippen LogP contribution in [0.25, 0.3) is 5.52 Å². The van der Waals surface area contributed by atoms with E-state index in [1.807, 2.05) is 0 Å². The van der Waals surface area contributed by atoms with Gasteiger partial charge in [0, 0.05) is 24.0 Å². The van der Waals surface area contributed by atoms with Crippen LogP contribution in [0, 0.1) is 5.82 Å². The molecule has 0 aliphatic rings. The van der Waals surface area contributed by atoms with E-state index in [4.69, 9.17) is 17.3 Å². The van der Waals surface area contributed by atoms with Gasteiger partial charge >= 0.3 is 0 Å². The summed E-state index contributed by atoms with van der Waals surface area (Å²) in [6.07, 6.45) is 7.11. The van der Waals surface area contributed by atoms with Gasteiger partial charge in [-0.05, 0) is 18.1 Å². The van der Waals surface area contributed by atoms with Crippen LogP contribution >= 0.6 is 11.6 Å². The maximum atomic E-state index is 13.9. The highest BCUT2D eigenvalue weighted by atomic mass is 35.5. The van der Waals surface area contributed by atoms with Crippen molar-refractivity contribution in [2.24, 2.45) is 5.73 Å². The van der Waals surface area contributed by atoms with Crippen molar-refractivity contribution in [3.63, 3.8) is 0 Å². The van der Waals surface area contributed by atoms with E-state index in [9.17, 15) is 4.39 Å². The first kappa shape index (κ1) is 13.0. The Bertz CT molecular complexity index is 756. The summed E-state index contributed by atoms with van der Waals surface area (Å²) in [5, 5.41) is 4.31. The monoisotopic (exact) mass is 290 g/mol. The molecule has 0 saturated carbocycles. The third-order valence-electron chi connectivity index (χ3n) is 3.23. The van der Waals surface area contributed by atoms with Gasteiger partial charge in [0.25, 0.3) is 0 Å². The van der Waals surface area contributed by atoms with Crippen molar-refractivity contribution in [2.45, 2.75) is 12.5 Å². The fourth-order valence-electron chi connectivity index (χ4n) is 2.19. The normalized spacial score (nSPS) is 12.8. The molecule has 0 saturated heterocycles. The van der Waals surface area contributed by atoms with Gasteiger partial charge in [-0.3, -0.25) is 4.98 Å². The average Bonchev–Trinajstić information content (AvgIpc) is 2.88. The number of hydrogen-bond acceptors (Lipinski definition) is 3. The van der Waals surface area contributed by atoms with E-state index in [2.05, 4.69) is 10.1 Å². The van der Waals surface area contributed by atoms with Gasteiger partial charge in [-0.25, -0.2) is 8.91 Å². The molecule has 0 amide bonds. The van der Waals surface area contributed by atoms with Crippen LogP contribution in [0.2, 0.25) is 5.02 Å². The molecule has 0 fully saturated rings. The lowest BCUT2D eigenvalue weighted by atomic mass is 10.0. The number of halogens is 2. The molecule has 3 rings (SSSR count). The van der Waals surface area contributed by atoms with E-state index in [0.29, 0.717) is 12.0 Å². The standard InChI is InChI=1S/C14H12ClFN4/c15-11-3-1-2-9(14(11)16)6-12(17)10-7-19-20-5-4-18-8-13(10)20/h1-5,7-8,12H,6,17H2. The quantitative estimate of drug-likeness (QED) is 0.807. The van der Waals surface area contributed by atoms with E-state index in [-0.39, 0.29) is 11.1 Å². The Morgan fingerprint density at radius 2 is 2.20 bits per heavy atom. The van der Waals surface area contributed by atoms with E-state index in [0.717, 1.165) is 11.1 Å². The first-order valence-electron chi connectivity index (χ1n) is 6.12. The zero-order valence-corrected chi connectivity index (χ0v) is 11.3. The van der Waals surface area contributed by atoms with Crippen LogP contribution in [0.15, 0.2) is 43.0 Å². The summed E-state index contributed by atoms with van der Waals surface area (Å²) in [6.45, 7) is 0. The number of nitrogens with two attached hydrogens (primary N) is 1. The molecule has 0 radical (unpaired) electrons. The second kappa shape index (κ2) is 5.19. The molecule has 0 spiro atoms. The van der Waals surface area contributed by atoms with Crippen LogP contribution < -0.4 is 5.73 Å². The number of rotatable bonds is 3.